The van der Waals surface area contributed by atoms with Gasteiger partial charge in [-0.15, -0.1) is 0 Å². The van der Waals surface area contributed by atoms with Gasteiger partial charge in [0.25, 0.3) is 0 Å². The third-order valence-corrected chi connectivity index (χ3v) is 11.8. The van der Waals surface area contributed by atoms with Gasteiger partial charge in [0, 0.05) is 27.7 Å². The van der Waals surface area contributed by atoms with E-state index in [0.717, 1.165) is 33.3 Å². The second kappa shape index (κ2) is 10.6. The molecule has 1 aromatic heterocycles. The minimum absolute atomic E-state index is 0.264. The van der Waals surface area contributed by atoms with Crippen LogP contribution in [0.25, 0.3) is 65.7 Å². The van der Waals surface area contributed by atoms with E-state index < -0.39 is 0 Å². The van der Waals surface area contributed by atoms with Crippen LogP contribution in [0.15, 0.2) is 192 Å². The largest absolute Gasteiger partial charge is 0.456 e. The average Bonchev–Trinajstić information content (AvgIpc) is 3.59. The lowest BCUT2D eigenvalue weighted by atomic mass is 9.49. The molecular weight excluding hydrogens is 643 g/mol. The maximum absolute atomic E-state index is 6.14. The Hall–Kier alpha value is -6.90. The molecule has 10 aromatic rings. The zero-order valence-electron chi connectivity index (χ0n) is 28.8. The summed E-state index contributed by atoms with van der Waals surface area (Å²) in [6.45, 7) is 0. The molecule has 1 spiro atoms. The van der Waals surface area contributed by atoms with Gasteiger partial charge in [0.2, 0.25) is 0 Å². The van der Waals surface area contributed by atoms with E-state index in [-0.39, 0.29) is 5.41 Å². The summed E-state index contributed by atoms with van der Waals surface area (Å²) in [6.07, 6.45) is 0. The Balaban J connectivity index is 1.06. The Kier molecular flexibility index (Phi) is 5.73. The third kappa shape index (κ3) is 3.82. The number of benzene rings is 9. The Morgan fingerprint density at radius 2 is 0.981 bits per heavy atom. The molecule has 0 bridgehead atoms. The van der Waals surface area contributed by atoms with Gasteiger partial charge < -0.3 is 9.32 Å². The highest BCUT2D eigenvalue weighted by Gasteiger charge is 2.56. The van der Waals surface area contributed by atoms with E-state index in [9.17, 15) is 0 Å². The van der Waals surface area contributed by atoms with Crippen molar-refractivity contribution < 1.29 is 4.42 Å². The fraction of sp³-hybridized carbons (Fsp3) is 0.0196. The maximum Gasteiger partial charge on any atom is 0.135 e. The van der Waals surface area contributed by atoms with Crippen molar-refractivity contribution in [1.29, 1.82) is 0 Å². The van der Waals surface area contributed by atoms with E-state index in [4.69, 9.17) is 4.42 Å². The molecule has 0 amide bonds. The number of fused-ring (bicyclic) bond motifs is 7. The van der Waals surface area contributed by atoms with Gasteiger partial charge in [0.1, 0.15) is 11.2 Å². The predicted molar refractivity (Wildman–Crippen MR) is 220 cm³/mol. The fourth-order valence-electron chi connectivity index (χ4n) is 9.52. The van der Waals surface area contributed by atoms with Crippen LogP contribution in [0.4, 0.5) is 17.1 Å². The van der Waals surface area contributed by atoms with Crippen LogP contribution in [0.5, 0.6) is 0 Å². The number of nitrogens with zero attached hydrogens (tertiary/aromatic N) is 1. The van der Waals surface area contributed by atoms with E-state index in [0.29, 0.717) is 0 Å². The molecule has 2 aliphatic carbocycles. The van der Waals surface area contributed by atoms with Gasteiger partial charge in [-0.3, -0.25) is 0 Å². The van der Waals surface area contributed by atoms with Gasteiger partial charge in [-0.1, -0.05) is 140 Å². The maximum atomic E-state index is 6.14. The van der Waals surface area contributed by atoms with Crippen LogP contribution >= 0.6 is 0 Å². The molecule has 0 fully saturated rings. The van der Waals surface area contributed by atoms with Crippen molar-refractivity contribution in [3.63, 3.8) is 0 Å². The summed E-state index contributed by atoms with van der Waals surface area (Å²) in [5.74, 6) is 0. The van der Waals surface area contributed by atoms with Crippen molar-refractivity contribution in [2.75, 3.05) is 4.90 Å². The standard InChI is InChI=1S/C51H31NO/c1-2-10-32(11-3-1)36-15-6-16-39(30-36)52(38-26-22-33(23-27-38)37-25-29-47-41(31-37)40-17-4-5-21-46(40)53-47)45-28-24-35-14-9-20-44-49(35)50(45)51(44)42-18-7-12-34-13-8-19-43(51)48(34)42/h1-31H. The first-order valence-electron chi connectivity index (χ1n) is 18.3. The molecule has 1 heterocycles. The molecule has 246 valence electrons. The Morgan fingerprint density at radius 3 is 1.77 bits per heavy atom. The highest BCUT2D eigenvalue weighted by Crippen LogP contribution is 2.67. The quantitative estimate of drug-likeness (QED) is 0.181. The SMILES string of the molecule is c1ccc(-c2cccc(N(c3ccc(-c4ccc5oc6ccccc6c5c4)cc3)c3ccc4cccc5c4c3C53c4cccc5cccc3c45)c2)cc1. The smallest absolute Gasteiger partial charge is 0.135 e. The van der Waals surface area contributed by atoms with E-state index in [1.807, 2.05) is 12.1 Å². The summed E-state index contributed by atoms with van der Waals surface area (Å²) < 4.78 is 6.14. The van der Waals surface area contributed by atoms with Crippen LogP contribution in [0.3, 0.4) is 0 Å². The number of hydrogen-bond acceptors (Lipinski definition) is 2. The molecule has 2 heteroatoms. The highest BCUT2D eigenvalue weighted by molar-refractivity contribution is 6.14. The van der Waals surface area contributed by atoms with Crippen molar-refractivity contribution in [1.82, 2.24) is 0 Å². The summed E-state index contributed by atoms with van der Waals surface area (Å²) in [4.78, 5) is 2.48. The topological polar surface area (TPSA) is 16.4 Å². The summed E-state index contributed by atoms with van der Waals surface area (Å²) in [7, 11) is 0. The number of anilines is 3. The van der Waals surface area contributed by atoms with Crippen LogP contribution in [-0.2, 0) is 5.41 Å². The van der Waals surface area contributed by atoms with Crippen LogP contribution in [0.2, 0.25) is 0 Å². The molecule has 53 heavy (non-hydrogen) atoms. The minimum atomic E-state index is -0.264. The van der Waals surface area contributed by atoms with Gasteiger partial charge in [-0.25, -0.2) is 0 Å². The molecule has 0 N–H and O–H groups in total. The van der Waals surface area contributed by atoms with E-state index >= 15 is 0 Å². The molecule has 2 nitrogen and oxygen atoms in total. The van der Waals surface area contributed by atoms with E-state index in [1.165, 1.54) is 71.7 Å². The van der Waals surface area contributed by atoms with Crippen molar-refractivity contribution in [3.05, 3.63) is 210 Å². The summed E-state index contributed by atoms with van der Waals surface area (Å²) in [5, 5.41) is 7.66. The van der Waals surface area contributed by atoms with Crippen molar-refractivity contribution in [2.24, 2.45) is 0 Å². The molecule has 0 atom stereocenters. The molecule has 9 aromatic carbocycles. The van der Waals surface area contributed by atoms with Crippen molar-refractivity contribution in [2.45, 2.75) is 5.41 Å². The first kappa shape index (κ1) is 28.8. The van der Waals surface area contributed by atoms with Gasteiger partial charge >= 0.3 is 0 Å². The summed E-state index contributed by atoms with van der Waals surface area (Å²) in [6, 6.07) is 68.7. The lowest BCUT2D eigenvalue weighted by Gasteiger charge is -2.53. The normalized spacial score (nSPS) is 13.4. The monoisotopic (exact) mass is 673 g/mol. The lowest BCUT2D eigenvalue weighted by Crippen LogP contribution is -2.44. The molecular formula is C51H31NO. The molecule has 0 unspecified atom stereocenters. The Bertz CT molecular complexity index is 3080. The molecule has 2 aliphatic rings. The van der Waals surface area contributed by atoms with E-state index in [2.05, 4.69) is 181 Å². The summed E-state index contributed by atoms with van der Waals surface area (Å²) >= 11 is 0. The number of hydrogen-bond donors (Lipinski definition) is 0. The van der Waals surface area contributed by atoms with Gasteiger partial charge in [0.05, 0.1) is 11.1 Å². The highest BCUT2D eigenvalue weighted by atomic mass is 16.3. The molecule has 0 radical (unpaired) electrons. The van der Waals surface area contributed by atoms with Gasteiger partial charge in [0.15, 0.2) is 0 Å². The van der Waals surface area contributed by atoms with Gasteiger partial charge in [-0.05, 0) is 109 Å². The second-order valence-corrected chi connectivity index (χ2v) is 14.4. The molecule has 0 saturated heterocycles. The number of rotatable bonds is 5. The average molecular weight is 674 g/mol. The minimum Gasteiger partial charge on any atom is -0.456 e. The molecule has 0 saturated carbocycles. The van der Waals surface area contributed by atoms with Crippen molar-refractivity contribution in [3.8, 4) is 22.3 Å². The predicted octanol–water partition coefficient (Wildman–Crippen LogP) is 13.7. The lowest BCUT2D eigenvalue weighted by molar-refractivity contribution is 0.669. The fourth-order valence-corrected chi connectivity index (χ4v) is 9.52. The van der Waals surface area contributed by atoms with Crippen LogP contribution in [0.1, 0.15) is 22.3 Å². The van der Waals surface area contributed by atoms with Crippen LogP contribution < -0.4 is 4.90 Å². The number of furan rings is 1. The van der Waals surface area contributed by atoms with Crippen LogP contribution in [-0.4, -0.2) is 0 Å². The first-order valence-corrected chi connectivity index (χ1v) is 18.3. The second-order valence-electron chi connectivity index (χ2n) is 14.4. The zero-order valence-corrected chi connectivity index (χ0v) is 28.8. The molecule has 0 aliphatic heterocycles. The van der Waals surface area contributed by atoms with Crippen molar-refractivity contribution >= 4 is 60.5 Å². The van der Waals surface area contributed by atoms with Gasteiger partial charge in [-0.2, -0.15) is 0 Å². The Labute approximate surface area is 306 Å². The zero-order chi connectivity index (χ0) is 34.7. The molecule has 12 rings (SSSR count). The number of para-hydroxylation sites is 1. The van der Waals surface area contributed by atoms with E-state index in [1.54, 1.807) is 0 Å². The summed E-state index contributed by atoms with van der Waals surface area (Å²) in [5.41, 5.74) is 15.4. The van der Waals surface area contributed by atoms with Crippen LogP contribution in [0, 0.1) is 0 Å². The first-order chi connectivity index (χ1) is 26.3. The Morgan fingerprint density at radius 1 is 0.377 bits per heavy atom. The third-order valence-electron chi connectivity index (χ3n) is 11.8.